The van der Waals surface area contributed by atoms with Gasteiger partial charge in [0.2, 0.25) is 0 Å². The Morgan fingerprint density at radius 2 is 2.19 bits per heavy atom. The van der Waals surface area contributed by atoms with Crippen molar-refractivity contribution in [2.75, 3.05) is 19.6 Å². The molecule has 1 N–H and O–H groups in total. The SMILES string of the molecule is CC(C)c1ccc(CN2CCN[C@H](C)C2)cc1[N+](=O)[O-].Cl. The van der Waals surface area contributed by atoms with Crippen LogP contribution in [0.25, 0.3) is 0 Å². The van der Waals surface area contributed by atoms with E-state index in [-0.39, 0.29) is 28.9 Å². The van der Waals surface area contributed by atoms with Crippen LogP contribution in [0.15, 0.2) is 18.2 Å². The molecule has 5 nitrogen and oxygen atoms in total. The fraction of sp³-hybridized carbons (Fsp3) is 0.600. The van der Waals surface area contributed by atoms with Gasteiger partial charge in [-0.25, -0.2) is 0 Å². The number of nitrogens with one attached hydrogen (secondary N) is 1. The number of benzene rings is 1. The van der Waals surface area contributed by atoms with Crippen LogP contribution in [0.2, 0.25) is 0 Å². The second-order valence-corrected chi connectivity index (χ2v) is 5.90. The molecule has 21 heavy (non-hydrogen) atoms. The van der Waals surface area contributed by atoms with E-state index in [1.807, 2.05) is 26.0 Å². The van der Waals surface area contributed by atoms with Gasteiger partial charge in [0, 0.05) is 43.9 Å². The van der Waals surface area contributed by atoms with Crippen molar-refractivity contribution in [3.63, 3.8) is 0 Å². The molecule has 0 aromatic heterocycles. The van der Waals surface area contributed by atoms with Crippen LogP contribution >= 0.6 is 12.4 Å². The Bertz CT molecular complexity index is 494. The molecule has 1 heterocycles. The van der Waals surface area contributed by atoms with Crippen LogP contribution in [-0.2, 0) is 6.54 Å². The third-order valence-electron chi connectivity index (χ3n) is 3.77. The Balaban J connectivity index is 0.00000220. The number of hydrogen-bond donors (Lipinski definition) is 1. The molecule has 1 fully saturated rings. The van der Waals surface area contributed by atoms with Crippen LogP contribution in [0.1, 0.15) is 37.8 Å². The van der Waals surface area contributed by atoms with Gasteiger partial charge in [0.15, 0.2) is 0 Å². The summed E-state index contributed by atoms with van der Waals surface area (Å²) in [5.74, 6) is 0.170. The summed E-state index contributed by atoms with van der Waals surface area (Å²) in [5.41, 5.74) is 2.09. The lowest BCUT2D eigenvalue weighted by molar-refractivity contribution is -0.385. The molecule has 1 aromatic rings. The largest absolute Gasteiger partial charge is 0.312 e. The van der Waals surface area contributed by atoms with Crippen LogP contribution in [0.4, 0.5) is 5.69 Å². The molecule has 1 atom stereocenters. The molecular weight excluding hydrogens is 290 g/mol. The first kappa shape index (κ1) is 17.9. The molecule has 0 aliphatic carbocycles. The first-order valence-electron chi connectivity index (χ1n) is 7.20. The Morgan fingerprint density at radius 1 is 1.48 bits per heavy atom. The highest BCUT2D eigenvalue weighted by atomic mass is 35.5. The van der Waals surface area contributed by atoms with Gasteiger partial charge in [-0.1, -0.05) is 26.0 Å². The highest BCUT2D eigenvalue weighted by Crippen LogP contribution is 2.27. The van der Waals surface area contributed by atoms with Gasteiger partial charge in [-0.3, -0.25) is 15.0 Å². The fourth-order valence-electron chi connectivity index (χ4n) is 2.75. The molecule has 0 bridgehead atoms. The zero-order valence-corrected chi connectivity index (χ0v) is 13.7. The normalized spacial score (nSPS) is 19.3. The summed E-state index contributed by atoms with van der Waals surface area (Å²) in [4.78, 5) is 13.3. The molecule has 1 saturated heterocycles. The molecular formula is C15H24ClN3O2. The average molecular weight is 314 g/mol. The molecule has 1 aliphatic heterocycles. The van der Waals surface area contributed by atoms with Crippen molar-refractivity contribution in [3.05, 3.63) is 39.4 Å². The number of hydrogen-bond acceptors (Lipinski definition) is 4. The highest BCUT2D eigenvalue weighted by Gasteiger charge is 2.19. The van der Waals surface area contributed by atoms with Gasteiger partial charge in [0.1, 0.15) is 0 Å². The summed E-state index contributed by atoms with van der Waals surface area (Å²) in [6.45, 7) is 9.87. The maximum absolute atomic E-state index is 11.2. The number of nitro benzene ring substituents is 1. The zero-order chi connectivity index (χ0) is 14.7. The van der Waals surface area contributed by atoms with Crippen molar-refractivity contribution in [2.45, 2.75) is 39.3 Å². The van der Waals surface area contributed by atoms with Crippen molar-refractivity contribution in [2.24, 2.45) is 0 Å². The maximum Gasteiger partial charge on any atom is 0.273 e. The van der Waals surface area contributed by atoms with Crippen molar-refractivity contribution in [3.8, 4) is 0 Å². The smallest absolute Gasteiger partial charge is 0.273 e. The number of nitrogens with zero attached hydrogens (tertiary/aromatic N) is 2. The van der Waals surface area contributed by atoms with E-state index >= 15 is 0 Å². The van der Waals surface area contributed by atoms with Gasteiger partial charge < -0.3 is 5.32 Å². The predicted molar refractivity (Wildman–Crippen MR) is 87.2 cm³/mol. The third kappa shape index (κ3) is 4.66. The minimum Gasteiger partial charge on any atom is -0.312 e. The van der Waals surface area contributed by atoms with Crippen molar-refractivity contribution < 1.29 is 4.92 Å². The molecule has 0 amide bonds. The van der Waals surface area contributed by atoms with E-state index in [4.69, 9.17) is 0 Å². The van der Waals surface area contributed by atoms with E-state index in [0.29, 0.717) is 6.04 Å². The minimum atomic E-state index is -0.265. The standard InChI is InChI=1S/C15H23N3O2.ClH/c1-11(2)14-5-4-13(8-15(14)18(19)20)10-17-7-6-16-12(3)9-17;/h4-5,8,11-12,16H,6-7,9-10H2,1-3H3;1H/t12-;/m1./s1. The topological polar surface area (TPSA) is 58.4 Å². The summed E-state index contributed by atoms with van der Waals surface area (Å²) in [7, 11) is 0. The number of rotatable bonds is 4. The van der Waals surface area contributed by atoms with Crippen molar-refractivity contribution in [1.29, 1.82) is 0 Å². The van der Waals surface area contributed by atoms with E-state index in [1.165, 1.54) is 0 Å². The molecule has 0 unspecified atom stereocenters. The third-order valence-corrected chi connectivity index (χ3v) is 3.77. The van der Waals surface area contributed by atoms with E-state index in [2.05, 4.69) is 17.1 Å². The minimum absolute atomic E-state index is 0. The summed E-state index contributed by atoms with van der Waals surface area (Å²) >= 11 is 0. The van der Waals surface area contributed by atoms with Crippen LogP contribution in [0, 0.1) is 10.1 Å². The van der Waals surface area contributed by atoms with Crippen LogP contribution in [0.3, 0.4) is 0 Å². The van der Waals surface area contributed by atoms with Crippen molar-refractivity contribution >= 4 is 18.1 Å². The van der Waals surface area contributed by atoms with Gasteiger partial charge in [-0.15, -0.1) is 12.4 Å². The second kappa shape index (κ2) is 7.73. The Kier molecular flexibility index (Phi) is 6.58. The van der Waals surface area contributed by atoms with Crippen LogP contribution in [-0.4, -0.2) is 35.5 Å². The summed E-state index contributed by atoms with van der Waals surface area (Å²) < 4.78 is 0. The number of halogens is 1. The Hall–Kier alpha value is -1.17. The summed E-state index contributed by atoms with van der Waals surface area (Å²) in [6.07, 6.45) is 0. The van der Waals surface area contributed by atoms with E-state index in [9.17, 15) is 10.1 Å². The first-order chi connectivity index (χ1) is 9.47. The second-order valence-electron chi connectivity index (χ2n) is 5.90. The van der Waals surface area contributed by atoms with Gasteiger partial charge in [0.05, 0.1) is 4.92 Å². The van der Waals surface area contributed by atoms with E-state index in [1.54, 1.807) is 6.07 Å². The average Bonchev–Trinajstić information content (AvgIpc) is 2.38. The molecule has 0 spiro atoms. The molecule has 0 saturated carbocycles. The van der Waals surface area contributed by atoms with Gasteiger partial charge >= 0.3 is 0 Å². The number of nitro groups is 1. The zero-order valence-electron chi connectivity index (χ0n) is 12.8. The summed E-state index contributed by atoms with van der Waals surface area (Å²) in [6, 6.07) is 6.15. The van der Waals surface area contributed by atoms with E-state index in [0.717, 1.165) is 37.3 Å². The quantitative estimate of drug-likeness (QED) is 0.686. The first-order valence-corrected chi connectivity index (χ1v) is 7.20. The Labute approximate surface area is 132 Å². The monoisotopic (exact) mass is 313 g/mol. The fourth-order valence-corrected chi connectivity index (χ4v) is 2.75. The lowest BCUT2D eigenvalue weighted by Crippen LogP contribution is -2.48. The Morgan fingerprint density at radius 3 is 2.76 bits per heavy atom. The van der Waals surface area contributed by atoms with Crippen LogP contribution in [0.5, 0.6) is 0 Å². The van der Waals surface area contributed by atoms with Gasteiger partial charge in [-0.05, 0) is 18.4 Å². The highest BCUT2D eigenvalue weighted by molar-refractivity contribution is 5.85. The molecule has 0 radical (unpaired) electrons. The summed E-state index contributed by atoms with van der Waals surface area (Å²) in [5, 5.41) is 14.6. The van der Waals surface area contributed by atoms with Crippen LogP contribution < -0.4 is 5.32 Å². The lowest BCUT2D eigenvalue weighted by Gasteiger charge is -2.31. The van der Waals surface area contributed by atoms with E-state index < -0.39 is 0 Å². The molecule has 6 heteroatoms. The predicted octanol–water partition coefficient (Wildman–Crippen LogP) is 2.93. The molecule has 118 valence electrons. The molecule has 1 aromatic carbocycles. The van der Waals surface area contributed by atoms with Gasteiger partial charge in [-0.2, -0.15) is 0 Å². The molecule has 1 aliphatic rings. The maximum atomic E-state index is 11.2. The van der Waals surface area contributed by atoms with Gasteiger partial charge in [0.25, 0.3) is 5.69 Å². The number of piperazine rings is 1. The lowest BCUT2D eigenvalue weighted by atomic mass is 9.99. The van der Waals surface area contributed by atoms with Crippen molar-refractivity contribution in [1.82, 2.24) is 10.2 Å². The molecule has 2 rings (SSSR count).